The van der Waals surface area contributed by atoms with Crippen molar-refractivity contribution in [3.05, 3.63) is 114 Å². The van der Waals surface area contributed by atoms with E-state index >= 15 is 0 Å². The summed E-state index contributed by atoms with van der Waals surface area (Å²) < 4.78 is 7.11. The zero-order chi connectivity index (χ0) is 23.1. The molecule has 0 saturated carbocycles. The molecule has 1 aliphatic rings. The highest BCUT2D eigenvalue weighted by Gasteiger charge is 2.34. The summed E-state index contributed by atoms with van der Waals surface area (Å²) in [6.07, 6.45) is 1.88. The maximum atomic E-state index is 13.7. The van der Waals surface area contributed by atoms with Gasteiger partial charge in [0.25, 0.3) is 5.56 Å². The first-order valence-electron chi connectivity index (χ1n) is 10.3. The van der Waals surface area contributed by atoms with Gasteiger partial charge < -0.3 is 4.74 Å². The second-order valence-electron chi connectivity index (χ2n) is 7.66. The summed E-state index contributed by atoms with van der Waals surface area (Å²) in [7, 11) is 1.32. The number of hydrogen-bond donors (Lipinski definition) is 0. The van der Waals surface area contributed by atoms with Crippen molar-refractivity contribution in [2.45, 2.75) is 13.0 Å². The molecule has 4 aromatic rings. The Hall–Kier alpha value is -3.48. The van der Waals surface area contributed by atoms with Crippen molar-refractivity contribution in [3.8, 4) is 0 Å². The number of esters is 1. The number of halogens is 1. The summed E-state index contributed by atoms with van der Waals surface area (Å²) in [6, 6.07) is 20.5. The van der Waals surface area contributed by atoms with Crippen LogP contribution in [0.2, 0.25) is 5.02 Å². The number of carbonyl (C=O) groups is 1. The molecule has 0 N–H and O–H groups in total. The van der Waals surface area contributed by atoms with Gasteiger partial charge in [-0.1, -0.05) is 83.6 Å². The van der Waals surface area contributed by atoms with Gasteiger partial charge >= 0.3 is 5.97 Å². The predicted octanol–water partition coefficient (Wildman–Crippen LogP) is 4.21. The lowest BCUT2D eigenvalue weighted by Gasteiger charge is -2.25. The third kappa shape index (κ3) is 3.61. The second-order valence-corrected chi connectivity index (χ2v) is 9.08. The number of rotatable bonds is 3. The standard InChI is InChI=1S/C26H19ClN2O3S/c1-15-22(25(31)32-2)23(19-12-5-6-13-20(19)27)29-24(30)21(33-26(29)28-15)14-17-10-7-9-16-8-3-4-11-18(16)17/h3-14,23H,1-2H3/b21-14-. The lowest BCUT2D eigenvalue weighted by Crippen LogP contribution is -2.39. The van der Waals surface area contributed by atoms with Gasteiger partial charge in [0.1, 0.15) is 6.04 Å². The van der Waals surface area contributed by atoms with Crippen molar-refractivity contribution in [1.82, 2.24) is 4.57 Å². The molecule has 1 unspecified atom stereocenters. The molecule has 0 saturated heterocycles. The molecular weight excluding hydrogens is 456 g/mol. The normalized spacial score (nSPS) is 16.0. The van der Waals surface area contributed by atoms with Crippen molar-refractivity contribution in [1.29, 1.82) is 0 Å². The van der Waals surface area contributed by atoms with Crippen molar-refractivity contribution in [2.24, 2.45) is 4.99 Å². The smallest absolute Gasteiger partial charge is 0.338 e. The highest BCUT2D eigenvalue weighted by Crippen LogP contribution is 2.34. The summed E-state index contributed by atoms with van der Waals surface area (Å²) in [5.41, 5.74) is 2.16. The minimum atomic E-state index is -0.725. The molecule has 0 amide bonds. The van der Waals surface area contributed by atoms with E-state index in [2.05, 4.69) is 4.99 Å². The molecule has 7 heteroatoms. The Labute approximate surface area is 198 Å². The lowest BCUT2D eigenvalue weighted by molar-refractivity contribution is -0.136. The van der Waals surface area contributed by atoms with Gasteiger partial charge in [-0.15, -0.1) is 0 Å². The fourth-order valence-electron chi connectivity index (χ4n) is 4.20. The number of benzene rings is 3. The summed E-state index contributed by atoms with van der Waals surface area (Å²) in [5.74, 6) is -0.537. The van der Waals surface area contributed by atoms with Crippen LogP contribution in [0, 0.1) is 0 Å². The second kappa shape index (κ2) is 8.46. The maximum absolute atomic E-state index is 13.7. The van der Waals surface area contributed by atoms with Crippen molar-refractivity contribution in [3.63, 3.8) is 0 Å². The van der Waals surface area contributed by atoms with Gasteiger partial charge in [-0.2, -0.15) is 0 Å². The Morgan fingerprint density at radius 2 is 1.82 bits per heavy atom. The zero-order valence-electron chi connectivity index (χ0n) is 17.9. The number of fused-ring (bicyclic) bond motifs is 2. The average molecular weight is 475 g/mol. The van der Waals surface area contributed by atoms with Gasteiger partial charge in [-0.25, -0.2) is 9.79 Å². The molecular formula is C26H19ClN2O3S. The number of aromatic nitrogens is 1. The predicted molar refractivity (Wildman–Crippen MR) is 131 cm³/mol. The van der Waals surface area contributed by atoms with E-state index in [1.807, 2.05) is 66.7 Å². The first kappa shape index (κ1) is 21.4. The quantitative estimate of drug-likeness (QED) is 0.418. The third-order valence-corrected chi connectivity index (χ3v) is 7.06. The Kier molecular flexibility index (Phi) is 5.48. The summed E-state index contributed by atoms with van der Waals surface area (Å²) >= 11 is 7.81. The molecule has 0 radical (unpaired) electrons. The minimum Gasteiger partial charge on any atom is -0.466 e. The summed E-state index contributed by atoms with van der Waals surface area (Å²) in [6.45, 7) is 1.75. The van der Waals surface area contributed by atoms with Crippen LogP contribution in [0.3, 0.4) is 0 Å². The highest BCUT2D eigenvalue weighted by atomic mass is 35.5. The molecule has 1 aliphatic heterocycles. The summed E-state index contributed by atoms with van der Waals surface area (Å²) in [5, 5.41) is 2.61. The van der Waals surface area contributed by atoms with E-state index < -0.39 is 12.0 Å². The van der Waals surface area contributed by atoms with Crippen molar-refractivity contribution >= 4 is 45.8 Å². The molecule has 164 valence electrons. The topological polar surface area (TPSA) is 60.7 Å². The number of nitrogens with zero attached hydrogens (tertiary/aromatic N) is 2. The molecule has 0 fully saturated rings. The molecule has 3 aromatic carbocycles. The molecule has 2 heterocycles. The fraction of sp³-hybridized carbons (Fsp3) is 0.115. The van der Waals surface area contributed by atoms with E-state index in [0.717, 1.165) is 16.3 Å². The number of methoxy groups -OCH3 is 1. The largest absolute Gasteiger partial charge is 0.466 e. The van der Waals surface area contributed by atoms with E-state index in [4.69, 9.17) is 16.3 Å². The van der Waals surface area contributed by atoms with Crippen LogP contribution in [0.4, 0.5) is 0 Å². The number of carbonyl (C=O) groups excluding carboxylic acids is 1. The van der Waals surface area contributed by atoms with Crippen molar-refractivity contribution < 1.29 is 9.53 Å². The molecule has 1 atom stereocenters. The number of hydrogen-bond acceptors (Lipinski definition) is 5. The van der Waals surface area contributed by atoms with Gasteiger partial charge in [0, 0.05) is 5.02 Å². The van der Waals surface area contributed by atoms with Crippen LogP contribution in [-0.4, -0.2) is 17.6 Å². The Bertz CT molecular complexity index is 1630. The molecule has 1 aromatic heterocycles. The third-order valence-electron chi connectivity index (χ3n) is 5.74. The van der Waals surface area contributed by atoms with Crippen LogP contribution in [0.25, 0.3) is 16.8 Å². The number of allylic oxidation sites excluding steroid dienone is 1. The van der Waals surface area contributed by atoms with E-state index in [-0.39, 0.29) is 5.56 Å². The molecule has 5 nitrogen and oxygen atoms in total. The maximum Gasteiger partial charge on any atom is 0.338 e. The molecule has 0 bridgehead atoms. The van der Waals surface area contributed by atoms with Crippen LogP contribution in [0.1, 0.15) is 24.1 Å². The minimum absolute atomic E-state index is 0.231. The average Bonchev–Trinajstić information content (AvgIpc) is 3.13. The molecule has 0 spiro atoms. The SMILES string of the molecule is COC(=O)C1=C(C)N=c2s/c(=C\c3cccc4ccccc34)c(=O)n2C1c1ccccc1Cl. The highest BCUT2D eigenvalue weighted by molar-refractivity contribution is 7.07. The molecule has 5 rings (SSSR count). The first-order chi connectivity index (χ1) is 16.0. The van der Waals surface area contributed by atoms with E-state index in [1.165, 1.54) is 18.4 Å². The Morgan fingerprint density at radius 3 is 2.61 bits per heavy atom. The van der Waals surface area contributed by atoms with E-state index in [1.54, 1.807) is 17.6 Å². The van der Waals surface area contributed by atoms with E-state index in [9.17, 15) is 9.59 Å². The van der Waals surface area contributed by atoms with Crippen LogP contribution in [0.5, 0.6) is 0 Å². The summed E-state index contributed by atoms with van der Waals surface area (Å²) in [4.78, 5) is 31.5. The van der Waals surface area contributed by atoms with Gasteiger partial charge in [0.05, 0.1) is 22.9 Å². The molecule has 0 aliphatic carbocycles. The van der Waals surface area contributed by atoms with Crippen molar-refractivity contribution in [2.75, 3.05) is 7.11 Å². The lowest BCUT2D eigenvalue weighted by atomic mass is 9.96. The van der Waals surface area contributed by atoms with Gasteiger partial charge in [-0.3, -0.25) is 9.36 Å². The van der Waals surface area contributed by atoms with Gasteiger partial charge in [0.2, 0.25) is 0 Å². The monoisotopic (exact) mass is 474 g/mol. The van der Waals surface area contributed by atoms with Crippen LogP contribution < -0.4 is 14.9 Å². The Morgan fingerprint density at radius 1 is 1.09 bits per heavy atom. The number of thiazole rings is 1. The zero-order valence-corrected chi connectivity index (χ0v) is 19.5. The fourth-order valence-corrected chi connectivity index (χ4v) is 5.48. The van der Waals surface area contributed by atoms with Gasteiger partial charge in [0.15, 0.2) is 4.80 Å². The first-order valence-corrected chi connectivity index (χ1v) is 11.5. The van der Waals surface area contributed by atoms with Crippen LogP contribution >= 0.6 is 22.9 Å². The Balaban J connectivity index is 1.79. The van der Waals surface area contributed by atoms with Crippen LogP contribution in [-0.2, 0) is 9.53 Å². The number of ether oxygens (including phenoxy) is 1. The van der Waals surface area contributed by atoms with Gasteiger partial charge in [-0.05, 0) is 41.0 Å². The van der Waals surface area contributed by atoms with E-state index in [0.29, 0.717) is 31.2 Å². The molecule has 33 heavy (non-hydrogen) atoms. The van der Waals surface area contributed by atoms with Crippen LogP contribution in [0.15, 0.2) is 87.8 Å².